The summed E-state index contributed by atoms with van der Waals surface area (Å²) in [5, 5.41) is 1.12. The molecule has 2 rings (SSSR count). The van der Waals surface area contributed by atoms with Crippen LogP contribution in [-0.4, -0.2) is 47.2 Å². The summed E-state index contributed by atoms with van der Waals surface area (Å²) < 4.78 is 9.62. The summed E-state index contributed by atoms with van der Waals surface area (Å²) >= 11 is 2.07. The van der Waals surface area contributed by atoms with Gasteiger partial charge in [0, 0.05) is 4.88 Å². The van der Waals surface area contributed by atoms with Crippen molar-refractivity contribution in [2.45, 2.75) is 19.9 Å². The fraction of sp³-hybridized carbons (Fsp3) is 0.333. The van der Waals surface area contributed by atoms with Crippen molar-refractivity contribution in [2.24, 2.45) is 0 Å². The molecular weight excluding hydrogens is 354 g/mol. The number of nitrogens with zero attached hydrogens (tertiary/aromatic N) is 1. The Labute approximate surface area is 146 Å². The van der Waals surface area contributed by atoms with E-state index < -0.39 is 29.1 Å². The number of hydrogen-bond donors (Lipinski definition) is 0. The molecule has 2 amide bonds. The second-order valence-electron chi connectivity index (χ2n) is 4.47. The number of rotatable bonds is 6. The smallest absolute Gasteiger partial charge is 0.341 e. The van der Waals surface area contributed by atoms with E-state index in [9.17, 15) is 19.2 Å². The van der Waals surface area contributed by atoms with Crippen molar-refractivity contribution in [1.29, 1.82) is 0 Å². The minimum Gasteiger partial charge on any atom is -0.464 e. The van der Waals surface area contributed by atoms with Gasteiger partial charge in [-0.3, -0.25) is 9.59 Å². The number of hydrogen-bond acceptors (Lipinski definition) is 8. The van der Waals surface area contributed by atoms with Crippen LogP contribution in [0.5, 0.6) is 0 Å². The predicted molar refractivity (Wildman–Crippen MR) is 89.2 cm³/mol. The second kappa shape index (κ2) is 8.11. The highest BCUT2D eigenvalue weighted by Crippen LogP contribution is 2.34. The first kappa shape index (κ1) is 18.2. The van der Waals surface area contributed by atoms with Crippen molar-refractivity contribution in [3.05, 3.63) is 27.3 Å². The summed E-state index contributed by atoms with van der Waals surface area (Å²) in [4.78, 5) is 50.4. The van der Waals surface area contributed by atoms with Gasteiger partial charge in [0.05, 0.1) is 18.1 Å². The van der Waals surface area contributed by atoms with E-state index in [2.05, 4.69) is 0 Å². The highest BCUT2D eigenvalue weighted by Gasteiger charge is 2.48. The molecule has 24 heavy (non-hydrogen) atoms. The number of thiophene rings is 1. The lowest BCUT2D eigenvalue weighted by Gasteiger charge is -2.21. The normalized spacial score (nSPS) is 16.1. The van der Waals surface area contributed by atoms with Gasteiger partial charge >= 0.3 is 11.9 Å². The van der Waals surface area contributed by atoms with Crippen molar-refractivity contribution in [3.63, 3.8) is 0 Å². The van der Waals surface area contributed by atoms with Crippen molar-refractivity contribution in [1.82, 2.24) is 4.90 Å². The Morgan fingerprint density at radius 1 is 1.21 bits per heavy atom. The number of imide groups is 1. The number of amides is 2. The van der Waals surface area contributed by atoms with Crippen LogP contribution >= 0.6 is 23.1 Å². The quantitative estimate of drug-likeness (QED) is 0.432. The fourth-order valence-electron chi connectivity index (χ4n) is 1.95. The third-order valence-corrected chi connectivity index (χ3v) is 4.62. The largest absolute Gasteiger partial charge is 0.464 e. The molecule has 0 spiro atoms. The van der Waals surface area contributed by atoms with Gasteiger partial charge in [-0.15, -0.1) is 11.3 Å². The molecular formula is C15H15NO6S2. The van der Waals surface area contributed by atoms with Crippen LogP contribution in [0, 0.1) is 0 Å². The third kappa shape index (κ3) is 3.85. The molecule has 0 radical (unpaired) electrons. The molecule has 1 aromatic heterocycles. The van der Waals surface area contributed by atoms with E-state index in [0.29, 0.717) is 16.7 Å². The zero-order valence-electron chi connectivity index (χ0n) is 13.0. The average molecular weight is 369 g/mol. The fourth-order valence-corrected chi connectivity index (χ4v) is 3.53. The second-order valence-corrected chi connectivity index (χ2v) is 6.45. The first-order valence-corrected chi connectivity index (χ1v) is 8.83. The Hall–Kier alpha value is -2.13. The number of carbonyl (C=O) groups is 4. The number of carbonyl (C=O) groups excluding carboxylic acids is 4. The van der Waals surface area contributed by atoms with Crippen molar-refractivity contribution < 1.29 is 28.7 Å². The van der Waals surface area contributed by atoms with Gasteiger partial charge in [0.25, 0.3) is 11.1 Å². The van der Waals surface area contributed by atoms with E-state index in [-0.39, 0.29) is 18.1 Å². The van der Waals surface area contributed by atoms with E-state index in [4.69, 9.17) is 9.47 Å². The molecule has 0 aliphatic carbocycles. The molecule has 2 heterocycles. The summed E-state index contributed by atoms with van der Waals surface area (Å²) in [7, 11) is 0. The highest BCUT2D eigenvalue weighted by molar-refractivity contribution is 8.18. The minimum atomic E-state index is -1.73. The van der Waals surface area contributed by atoms with Gasteiger partial charge in [-0.05, 0) is 43.1 Å². The van der Waals surface area contributed by atoms with Gasteiger partial charge in [0.15, 0.2) is 0 Å². The highest BCUT2D eigenvalue weighted by atomic mass is 32.2. The molecule has 0 bridgehead atoms. The van der Waals surface area contributed by atoms with Crippen LogP contribution in [0.15, 0.2) is 22.4 Å². The lowest BCUT2D eigenvalue weighted by atomic mass is 10.2. The summed E-state index contributed by atoms with van der Waals surface area (Å²) in [5.41, 5.74) is 0. The van der Waals surface area contributed by atoms with E-state index in [1.807, 2.05) is 5.38 Å². The van der Waals surface area contributed by atoms with Crippen LogP contribution < -0.4 is 0 Å². The number of thioether (sulfide) groups is 1. The minimum absolute atomic E-state index is 0.00991. The summed E-state index contributed by atoms with van der Waals surface area (Å²) in [6, 6.07) is 1.86. The molecule has 0 saturated carbocycles. The van der Waals surface area contributed by atoms with Gasteiger partial charge in [-0.25, -0.2) is 14.5 Å². The van der Waals surface area contributed by atoms with E-state index in [1.165, 1.54) is 11.3 Å². The Kier molecular flexibility index (Phi) is 6.16. The summed E-state index contributed by atoms with van der Waals surface area (Å²) in [6.45, 7) is 3.14. The molecule has 0 aromatic carbocycles. The monoisotopic (exact) mass is 369 g/mol. The van der Waals surface area contributed by atoms with Gasteiger partial charge in [0.2, 0.25) is 6.04 Å². The molecule has 1 saturated heterocycles. The number of ether oxygens (including phenoxy) is 2. The molecule has 0 atom stereocenters. The SMILES string of the molecule is CCOC(=O)C(C(=O)OCC)N1C(=O)S/C(=C/c2cccs2)C1=O. The number of esters is 2. The predicted octanol–water partition coefficient (Wildman–Crippen LogP) is 2.28. The lowest BCUT2D eigenvalue weighted by Crippen LogP contribution is -2.50. The Morgan fingerprint density at radius 3 is 2.33 bits per heavy atom. The third-order valence-electron chi connectivity index (χ3n) is 2.92. The maximum Gasteiger partial charge on any atom is 0.341 e. The maximum atomic E-state index is 12.5. The summed E-state index contributed by atoms with van der Waals surface area (Å²) in [5.74, 6) is -2.70. The van der Waals surface area contributed by atoms with E-state index in [1.54, 1.807) is 32.1 Å². The van der Waals surface area contributed by atoms with Crippen LogP contribution in [0.2, 0.25) is 0 Å². The van der Waals surface area contributed by atoms with Crippen molar-refractivity contribution >= 4 is 52.3 Å². The molecule has 0 unspecified atom stereocenters. The van der Waals surface area contributed by atoms with Crippen LogP contribution in [0.4, 0.5) is 4.79 Å². The lowest BCUT2D eigenvalue weighted by molar-refractivity contribution is -0.164. The molecule has 1 aliphatic rings. The van der Waals surface area contributed by atoms with Gasteiger partial charge < -0.3 is 9.47 Å². The zero-order chi connectivity index (χ0) is 17.7. The maximum absolute atomic E-state index is 12.5. The standard InChI is InChI=1S/C15H15NO6S2/c1-3-21-13(18)11(14(19)22-4-2)16-12(17)10(24-15(16)20)8-9-6-5-7-23-9/h5-8,11H,3-4H2,1-2H3/b10-8+. The molecule has 1 fully saturated rings. The molecule has 7 nitrogen and oxygen atoms in total. The molecule has 9 heteroatoms. The first-order chi connectivity index (χ1) is 11.5. The van der Waals surface area contributed by atoms with Crippen LogP contribution in [0.25, 0.3) is 6.08 Å². The van der Waals surface area contributed by atoms with E-state index in [0.717, 1.165) is 4.88 Å². The van der Waals surface area contributed by atoms with Gasteiger partial charge in [-0.2, -0.15) is 0 Å². The summed E-state index contributed by atoms with van der Waals surface area (Å²) in [6.07, 6.45) is 1.54. The topological polar surface area (TPSA) is 90.0 Å². The zero-order valence-corrected chi connectivity index (χ0v) is 14.6. The Morgan fingerprint density at radius 2 is 1.83 bits per heavy atom. The van der Waals surface area contributed by atoms with Crippen LogP contribution in [-0.2, 0) is 23.9 Å². The average Bonchev–Trinajstić information content (AvgIpc) is 3.12. The molecule has 1 aliphatic heterocycles. The Bertz CT molecular complexity index is 664. The van der Waals surface area contributed by atoms with Gasteiger partial charge in [0.1, 0.15) is 0 Å². The van der Waals surface area contributed by atoms with Crippen molar-refractivity contribution in [2.75, 3.05) is 13.2 Å². The van der Waals surface area contributed by atoms with Gasteiger partial charge in [-0.1, -0.05) is 6.07 Å². The Balaban J connectivity index is 2.32. The van der Waals surface area contributed by atoms with Crippen molar-refractivity contribution in [3.8, 4) is 0 Å². The molecule has 1 aromatic rings. The first-order valence-electron chi connectivity index (χ1n) is 7.13. The van der Waals surface area contributed by atoms with Crippen LogP contribution in [0.1, 0.15) is 18.7 Å². The molecule has 128 valence electrons. The van der Waals surface area contributed by atoms with Crippen LogP contribution in [0.3, 0.4) is 0 Å². The molecule has 0 N–H and O–H groups in total. The van der Waals surface area contributed by atoms with E-state index >= 15 is 0 Å².